The highest BCUT2D eigenvalue weighted by Crippen LogP contribution is 2.04. The molecule has 0 heterocycles. The molecule has 0 saturated heterocycles. The Morgan fingerprint density at radius 2 is 2.00 bits per heavy atom. The summed E-state index contributed by atoms with van der Waals surface area (Å²) in [6.45, 7) is 2.56. The summed E-state index contributed by atoms with van der Waals surface area (Å²) in [6.07, 6.45) is 1.35. The lowest BCUT2D eigenvalue weighted by Crippen LogP contribution is -2.18. The van der Waals surface area contributed by atoms with Gasteiger partial charge in [0.1, 0.15) is 0 Å². The van der Waals surface area contributed by atoms with E-state index in [1.54, 1.807) is 21.4 Å². The number of benzene rings is 1. The minimum Gasteiger partial charge on any atom is -0.0746 e. The van der Waals surface area contributed by atoms with Crippen LogP contribution in [0.15, 0.2) is 30.3 Å². The largest absolute Gasteiger partial charge is 0.0746 e. The molecule has 0 spiro atoms. The normalized spacial score (nSPS) is 14.1. The monoisotopic (exact) mass is 210 g/mol. The lowest BCUT2D eigenvalue weighted by molar-refractivity contribution is 1.12. The highest BCUT2D eigenvalue weighted by Gasteiger charge is 2.00. The lowest BCUT2D eigenvalue weighted by atomic mass is 10.2. The van der Waals surface area contributed by atoms with E-state index in [9.17, 15) is 0 Å². The molecule has 0 nitrogen and oxygen atoms in total. The zero-order valence-corrected chi connectivity index (χ0v) is 12.7. The Balaban J connectivity index is 2.33. The van der Waals surface area contributed by atoms with Gasteiger partial charge in [-0.3, -0.25) is 0 Å². The van der Waals surface area contributed by atoms with Gasteiger partial charge in [-0.2, -0.15) is 0 Å². The first-order chi connectivity index (χ1) is 5.83. The van der Waals surface area contributed by atoms with Crippen LogP contribution in [0.5, 0.6) is 0 Å². The molecular weight excluding hydrogens is 192 g/mol. The van der Waals surface area contributed by atoms with Crippen LogP contribution in [0, 0.1) is 0 Å². The van der Waals surface area contributed by atoms with Crippen LogP contribution in [-0.4, -0.2) is 26.6 Å². The predicted octanol–water partition coefficient (Wildman–Crippen LogP) is 0.0319. The first-order valence-corrected chi connectivity index (χ1v) is 15.8. The number of hydrogen-bond acceptors (Lipinski definition) is 0. The molecule has 0 fully saturated rings. The van der Waals surface area contributed by atoms with Crippen LogP contribution in [-0.2, 0) is 6.42 Å². The van der Waals surface area contributed by atoms with Gasteiger partial charge in [0.2, 0.25) is 0 Å². The highest BCUT2D eigenvalue weighted by molar-refractivity contribution is 7.31. The van der Waals surface area contributed by atoms with Gasteiger partial charge in [-0.15, -0.1) is 0 Å². The maximum atomic E-state index is 2.56. The molecule has 1 unspecified atom stereocenters. The Morgan fingerprint density at radius 3 is 2.58 bits per heavy atom. The van der Waals surface area contributed by atoms with E-state index in [-0.39, 0.29) is 8.31 Å². The van der Waals surface area contributed by atoms with E-state index in [1.165, 1.54) is 6.42 Å². The van der Waals surface area contributed by atoms with E-state index in [0.717, 1.165) is 0 Å². The summed E-state index contributed by atoms with van der Waals surface area (Å²) in [7, 11) is 1.90. The van der Waals surface area contributed by atoms with Crippen molar-refractivity contribution in [2.24, 2.45) is 0 Å². The molecule has 0 N–H and O–H groups in total. The van der Waals surface area contributed by atoms with E-state index in [0.29, 0.717) is 8.55 Å². The first-order valence-electron chi connectivity index (χ1n) is 4.87. The van der Waals surface area contributed by atoms with Crippen LogP contribution < -0.4 is 0 Å². The Kier molecular flexibility index (Phi) is 4.57. The molecule has 0 saturated carbocycles. The minimum absolute atomic E-state index is 0.150. The van der Waals surface area contributed by atoms with Crippen molar-refractivity contribution in [1.29, 1.82) is 0 Å². The Bertz CT molecular complexity index is 210. The van der Waals surface area contributed by atoms with Crippen molar-refractivity contribution in [3.8, 4) is 0 Å². The summed E-state index contributed by atoms with van der Waals surface area (Å²) >= 11 is 0. The molecule has 1 aromatic carbocycles. The molecule has 0 aliphatic heterocycles. The van der Waals surface area contributed by atoms with Crippen LogP contribution in [0.3, 0.4) is 0 Å². The molecule has 1 rings (SSSR count). The van der Waals surface area contributed by atoms with Gasteiger partial charge in [-0.05, 0) is 30.3 Å². The van der Waals surface area contributed by atoms with Crippen LogP contribution >= 0.6 is 0 Å². The van der Waals surface area contributed by atoms with Crippen molar-refractivity contribution >= 4 is 26.6 Å². The molecule has 0 aromatic heterocycles. The highest BCUT2D eigenvalue weighted by atomic mass is 29.5. The van der Waals surface area contributed by atoms with Crippen molar-refractivity contribution < 1.29 is 0 Å². The molecule has 1 atom stereocenters. The van der Waals surface area contributed by atoms with Crippen molar-refractivity contribution in [3.05, 3.63) is 35.9 Å². The molecule has 0 aliphatic rings. The summed E-state index contributed by atoms with van der Waals surface area (Å²) in [5.41, 5.74) is 1.54. The van der Waals surface area contributed by atoms with Crippen molar-refractivity contribution in [2.75, 3.05) is 0 Å². The summed E-state index contributed by atoms with van der Waals surface area (Å²) in [6, 6.07) is 12.5. The summed E-state index contributed by atoms with van der Waals surface area (Å²) in [5.74, 6) is 0. The van der Waals surface area contributed by atoms with Gasteiger partial charge in [0, 0.05) is 8.31 Å². The molecule has 0 bridgehead atoms. The van der Waals surface area contributed by atoms with E-state index in [2.05, 4.69) is 36.9 Å². The van der Waals surface area contributed by atoms with E-state index < -0.39 is 0 Å². The zero-order chi connectivity index (χ0) is 8.81. The summed E-state index contributed by atoms with van der Waals surface area (Å²) in [4.78, 5) is 0. The Labute approximate surface area is 81.8 Å². The fraction of sp³-hybridized carbons (Fsp3) is 0.333. The second-order valence-electron chi connectivity index (χ2n) is 3.54. The predicted molar refractivity (Wildman–Crippen MR) is 66.4 cm³/mol. The third-order valence-corrected chi connectivity index (χ3v) is 23.1. The average Bonchev–Trinajstić information content (AvgIpc) is 2.16. The first kappa shape index (κ1) is 9.95. The molecular formula is C9H18Si3. The molecule has 12 heavy (non-hydrogen) atoms. The fourth-order valence-corrected chi connectivity index (χ4v) is 8.01. The Morgan fingerprint density at radius 1 is 1.33 bits per heavy atom. The van der Waals surface area contributed by atoms with Crippen LogP contribution in [0.1, 0.15) is 5.56 Å². The van der Waals surface area contributed by atoms with Crippen LogP contribution in [0.2, 0.25) is 12.6 Å². The Hall–Kier alpha value is -0.129. The third-order valence-electron chi connectivity index (χ3n) is 2.47. The van der Waals surface area contributed by atoms with E-state index >= 15 is 0 Å². The van der Waals surface area contributed by atoms with Gasteiger partial charge in [0.05, 0.1) is 0 Å². The van der Waals surface area contributed by atoms with E-state index in [4.69, 9.17) is 0 Å². The van der Waals surface area contributed by atoms with Gasteiger partial charge in [-0.1, -0.05) is 42.9 Å². The average molecular weight is 211 g/mol. The second-order valence-corrected chi connectivity index (χ2v) is 21.1. The van der Waals surface area contributed by atoms with Gasteiger partial charge in [-0.25, -0.2) is 0 Å². The van der Waals surface area contributed by atoms with Crippen molar-refractivity contribution in [2.45, 2.75) is 19.0 Å². The summed E-state index contributed by atoms with van der Waals surface area (Å²) in [5, 5.41) is 0. The summed E-state index contributed by atoms with van der Waals surface area (Å²) < 4.78 is 0. The quantitative estimate of drug-likeness (QED) is 0.616. The standard InChI is InChI=1S/C9H18Si3/c1-12(11-10)8-7-9-5-3-2-4-6-9/h2-6,12H,7-8,11H2,1,10H3. The van der Waals surface area contributed by atoms with Crippen molar-refractivity contribution in [1.82, 2.24) is 0 Å². The maximum absolute atomic E-state index is 2.56. The number of rotatable bonds is 4. The fourth-order valence-electron chi connectivity index (χ4n) is 1.26. The molecule has 0 amide bonds. The van der Waals surface area contributed by atoms with Gasteiger partial charge in [0.25, 0.3) is 0 Å². The van der Waals surface area contributed by atoms with Crippen LogP contribution in [0.25, 0.3) is 0 Å². The molecule has 1 aromatic rings. The zero-order valence-electron chi connectivity index (χ0n) is 8.09. The smallest absolute Gasteiger partial charge is 0.0180 e. The number of hydrogen-bond donors (Lipinski definition) is 0. The van der Waals surface area contributed by atoms with Gasteiger partial charge >= 0.3 is 0 Å². The molecule has 3 heteroatoms. The molecule has 0 aliphatic carbocycles. The van der Waals surface area contributed by atoms with Gasteiger partial charge in [0.15, 0.2) is 0 Å². The van der Waals surface area contributed by atoms with Crippen LogP contribution in [0.4, 0.5) is 0 Å². The SMILES string of the molecule is C[SiH](CCc1ccccc1)[SiH2][SiH3]. The number of aryl methyl sites for hydroxylation is 1. The van der Waals surface area contributed by atoms with E-state index in [1.807, 2.05) is 0 Å². The lowest BCUT2D eigenvalue weighted by Gasteiger charge is -2.05. The minimum atomic E-state index is -0.150. The topological polar surface area (TPSA) is 0 Å². The third kappa shape index (κ3) is 3.51. The molecule has 0 radical (unpaired) electrons. The second kappa shape index (κ2) is 5.50. The van der Waals surface area contributed by atoms with Crippen molar-refractivity contribution in [3.63, 3.8) is 0 Å². The molecule has 66 valence electrons. The maximum Gasteiger partial charge on any atom is 0.0180 e. The van der Waals surface area contributed by atoms with Gasteiger partial charge < -0.3 is 0 Å².